The van der Waals surface area contributed by atoms with E-state index < -0.39 is 0 Å². The van der Waals surface area contributed by atoms with Gasteiger partial charge in [-0.05, 0) is 64.2 Å². The minimum absolute atomic E-state index is 0.0554. The molecule has 0 aliphatic rings. The molecule has 0 fully saturated rings. The maximum atomic E-state index is 12.0. The molecule has 0 heterocycles. The monoisotopic (exact) mass is 305 g/mol. The number of anilines is 1. The maximum Gasteiger partial charge on any atom is 0.240 e. The molecule has 122 valence electrons. The number of hydrogen-bond donors (Lipinski definition) is 1. The molecule has 5 nitrogen and oxygen atoms in total. The van der Waals surface area contributed by atoms with Crippen molar-refractivity contribution in [1.29, 1.82) is 0 Å². The van der Waals surface area contributed by atoms with Gasteiger partial charge >= 0.3 is 0 Å². The van der Waals surface area contributed by atoms with Crippen LogP contribution in [0.4, 0.5) is 5.69 Å². The van der Waals surface area contributed by atoms with Crippen molar-refractivity contribution in [2.75, 3.05) is 38.6 Å². The minimum Gasteiger partial charge on any atom is -0.355 e. The van der Waals surface area contributed by atoms with Gasteiger partial charge in [0.25, 0.3) is 0 Å². The summed E-state index contributed by atoms with van der Waals surface area (Å²) in [6.45, 7) is 7.10. The van der Waals surface area contributed by atoms with Crippen LogP contribution in [0.25, 0.3) is 0 Å². The number of carbonyl (C=O) groups excluding carboxylic acids is 2. The minimum atomic E-state index is -0.133. The van der Waals surface area contributed by atoms with E-state index in [0.29, 0.717) is 6.54 Å². The Bertz CT molecular complexity index is 527. The quantitative estimate of drug-likeness (QED) is 0.781. The Morgan fingerprint density at radius 3 is 2.36 bits per heavy atom. The van der Waals surface area contributed by atoms with E-state index >= 15 is 0 Å². The topological polar surface area (TPSA) is 52.7 Å². The molecule has 0 aliphatic carbocycles. The first kappa shape index (κ1) is 18.2. The number of aryl methyl sites for hydroxylation is 2. The molecule has 22 heavy (non-hydrogen) atoms. The highest BCUT2D eigenvalue weighted by Crippen LogP contribution is 2.18. The maximum absolute atomic E-state index is 12.0. The van der Waals surface area contributed by atoms with Crippen molar-refractivity contribution in [2.45, 2.75) is 27.2 Å². The average molecular weight is 305 g/mol. The summed E-state index contributed by atoms with van der Waals surface area (Å²) in [7, 11) is 4.00. The van der Waals surface area contributed by atoms with Crippen molar-refractivity contribution < 1.29 is 9.59 Å². The molecule has 0 spiro atoms. The van der Waals surface area contributed by atoms with Gasteiger partial charge in [-0.1, -0.05) is 6.07 Å². The van der Waals surface area contributed by atoms with Crippen molar-refractivity contribution in [3.63, 3.8) is 0 Å². The zero-order valence-corrected chi connectivity index (χ0v) is 14.3. The number of nitrogens with one attached hydrogen (secondary N) is 1. The lowest BCUT2D eigenvalue weighted by Crippen LogP contribution is -2.40. The first-order valence-corrected chi connectivity index (χ1v) is 7.58. The summed E-state index contributed by atoms with van der Waals surface area (Å²) in [6.07, 6.45) is 0.891. The van der Waals surface area contributed by atoms with Crippen LogP contribution in [-0.2, 0) is 9.59 Å². The average Bonchev–Trinajstić information content (AvgIpc) is 2.43. The van der Waals surface area contributed by atoms with Crippen LogP contribution in [0.2, 0.25) is 0 Å². The highest BCUT2D eigenvalue weighted by atomic mass is 16.2. The Labute approximate surface area is 133 Å². The summed E-state index contributed by atoms with van der Waals surface area (Å²) in [5, 5.41) is 2.86. The van der Waals surface area contributed by atoms with E-state index in [1.54, 1.807) is 0 Å². The fourth-order valence-corrected chi connectivity index (χ4v) is 2.10. The van der Waals surface area contributed by atoms with Crippen molar-refractivity contribution in [2.24, 2.45) is 0 Å². The summed E-state index contributed by atoms with van der Waals surface area (Å²) in [4.78, 5) is 27.4. The lowest BCUT2D eigenvalue weighted by Gasteiger charge is -2.21. The van der Waals surface area contributed by atoms with Crippen LogP contribution in [0.3, 0.4) is 0 Å². The molecule has 1 aromatic carbocycles. The molecule has 1 aromatic rings. The van der Waals surface area contributed by atoms with Crippen molar-refractivity contribution in [3.8, 4) is 0 Å². The number of rotatable bonds is 7. The molecule has 0 saturated heterocycles. The molecular weight excluding hydrogens is 278 g/mol. The summed E-state index contributed by atoms with van der Waals surface area (Å²) in [5.41, 5.74) is 3.04. The van der Waals surface area contributed by atoms with Gasteiger partial charge in [0.15, 0.2) is 0 Å². The Morgan fingerprint density at radius 1 is 1.14 bits per heavy atom. The van der Waals surface area contributed by atoms with Gasteiger partial charge in [-0.2, -0.15) is 0 Å². The predicted octanol–water partition coefficient (Wildman–Crippen LogP) is 1.72. The van der Waals surface area contributed by atoms with Crippen LogP contribution in [0.1, 0.15) is 24.5 Å². The summed E-state index contributed by atoms with van der Waals surface area (Å²) in [5.74, 6) is -0.265. The lowest BCUT2D eigenvalue weighted by atomic mass is 10.1. The molecule has 0 unspecified atom stereocenters. The number of hydrogen-bond acceptors (Lipinski definition) is 3. The van der Waals surface area contributed by atoms with E-state index in [1.807, 2.05) is 46.1 Å². The van der Waals surface area contributed by atoms with Gasteiger partial charge in [0, 0.05) is 19.2 Å². The van der Waals surface area contributed by atoms with E-state index in [9.17, 15) is 9.59 Å². The van der Waals surface area contributed by atoms with E-state index in [1.165, 1.54) is 17.4 Å². The second kappa shape index (κ2) is 8.54. The van der Waals surface area contributed by atoms with Crippen LogP contribution in [-0.4, -0.2) is 50.4 Å². The highest BCUT2D eigenvalue weighted by molar-refractivity contribution is 5.97. The zero-order chi connectivity index (χ0) is 16.7. The van der Waals surface area contributed by atoms with E-state index in [4.69, 9.17) is 0 Å². The SMILES string of the molecule is CC(=O)N(CC(=O)NCCCN(C)C)c1ccc(C)c(C)c1. The molecule has 0 aromatic heterocycles. The van der Waals surface area contributed by atoms with Gasteiger partial charge in [0.05, 0.1) is 0 Å². The molecule has 0 atom stereocenters. The smallest absolute Gasteiger partial charge is 0.240 e. The first-order valence-electron chi connectivity index (χ1n) is 7.58. The fourth-order valence-electron chi connectivity index (χ4n) is 2.10. The lowest BCUT2D eigenvalue weighted by molar-refractivity contribution is -0.123. The third-order valence-electron chi connectivity index (χ3n) is 3.59. The van der Waals surface area contributed by atoms with Crippen LogP contribution in [0.5, 0.6) is 0 Å². The highest BCUT2D eigenvalue weighted by Gasteiger charge is 2.16. The molecule has 0 saturated carbocycles. The molecule has 1 N–H and O–H groups in total. The second-order valence-corrected chi connectivity index (χ2v) is 5.88. The largest absolute Gasteiger partial charge is 0.355 e. The molecule has 0 radical (unpaired) electrons. The fraction of sp³-hybridized carbons (Fsp3) is 0.529. The van der Waals surface area contributed by atoms with Crippen molar-refractivity contribution in [3.05, 3.63) is 29.3 Å². The number of nitrogens with zero attached hydrogens (tertiary/aromatic N) is 2. The Kier molecular flexibility index (Phi) is 7.05. The number of amides is 2. The third-order valence-corrected chi connectivity index (χ3v) is 3.59. The van der Waals surface area contributed by atoms with Crippen LogP contribution < -0.4 is 10.2 Å². The van der Waals surface area contributed by atoms with Crippen LogP contribution in [0, 0.1) is 13.8 Å². The molecule has 5 heteroatoms. The Balaban J connectivity index is 2.62. The summed E-state index contributed by atoms with van der Waals surface area (Å²) >= 11 is 0. The molecule has 1 rings (SSSR count). The zero-order valence-electron chi connectivity index (χ0n) is 14.3. The van der Waals surface area contributed by atoms with Gasteiger partial charge in [-0.3, -0.25) is 9.59 Å². The van der Waals surface area contributed by atoms with E-state index in [0.717, 1.165) is 24.2 Å². The van der Waals surface area contributed by atoms with Gasteiger partial charge < -0.3 is 15.1 Å². The molecule has 2 amide bonds. The predicted molar refractivity (Wildman–Crippen MR) is 90.1 cm³/mol. The molecule has 0 bridgehead atoms. The Morgan fingerprint density at radius 2 is 1.82 bits per heavy atom. The molecular formula is C17H27N3O2. The normalized spacial score (nSPS) is 10.6. The van der Waals surface area contributed by atoms with Crippen molar-refractivity contribution >= 4 is 17.5 Å². The summed E-state index contributed by atoms with van der Waals surface area (Å²) in [6, 6.07) is 5.79. The first-order chi connectivity index (χ1) is 10.3. The number of benzene rings is 1. The molecule has 0 aliphatic heterocycles. The van der Waals surface area contributed by atoms with Gasteiger partial charge in [0.1, 0.15) is 6.54 Å². The second-order valence-electron chi connectivity index (χ2n) is 5.88. The van der Waals surface area contributed by atoms with E-state index in [2.05, 4.69) is 10.2 Å². The third kappa shape index (κ3) is 5.85. The van der Waals surface area contributed by atoms with Crippen LogP contribution >= 0.6 is 0 Å². The Hall–Kier alpha value is -1.88. The van der Waals surface area contributed by atoms with Gasteiger partial charge in [-0.15, -0.1) is 0 Å². The van der Waals surface area contributed by atoms with Gasteiger partial charge in [0.2, 0.25) is 11.8 Å². The van der Waals surface area contributed by atoms with Gasteiger partial charge in [-0.25, -0.2) is 0 Å². The number of carbonyl (C=O) groups is 2. The van der Waals surface area contributed by atoms with E-state index in [-0.39, 0.29) is 18.4 Å². The standard InChI is InChI=1S/C17H27N3O2/c1-13-7-8-16(11-14(13)2)20(15(3)21)12-17(22)18-9-6-10-19(4)5/h7-8,11H,6,9-10,12H2,1-5H3,(H,18,22). The van der Waals surface area contributed by atoms with Crippen molar-refractivity contribution in [1.82, 2.24) is 10.2 Å². The summed E-state index contributed by atoms with van der Waals surface area (Å²) < 4.78 is 0. The van der Waals surface area contributed by atoms with Crippen LogP contribution in [0.15, 0.2) is 18.2 Å².